The molecule has 0 saturated carbocycles. The smallest absolute Gasteiger partial charge is 0.115 e. The van der Waals surface area contributed by atoms with E-state index < -0.39 is 0 Å². The third-order valence-electron chi connectivity index (χ3n) is 2.71. The van der Waals surface area contributed by atoms with Crippen molar-refractivity contribution in [2.24, 2.45) is 0 Å². The zero-order valence-electron chi connectivity index (χ0n) is 10.4. The Morgan fingerprint density at radius 2 is 1.53 bits per heavy atom. The van der Waals surface area contributed by atoms with Gasteiger partial charge in [0.2, 0.25) is 0 Å². The van der Waals surface area contributed by atoms with Gasteiger partial charge in [-0.25, -0.2) is 0 Å². The van der Waals surface area contributed by atoms with Crippen molar-refractivity contribution in [3.05, 3.63) is 53.1 Å². The van der Waals surface area contributed by atoms with E-state index in [1.807, 2.05) is 13.0 Å². The molecule has 0 aromatic heterocycles. The molecule has 0 spiro atoms. The Hall–Kier alpha value is -1.96. The van der Waals surface area contributed by atoms with Gasteiger partial charge >= 0.3 is 0 Å². The van der Waals surface area contributed by atoms with E-state index in [0.717, 1.165) is 16.9 Å². The highest BCUT2D eigenvalue weighted by atomic mass is 16.3. The minimum Gasteiger partial charge on any atom is -0.508 e. The molecule has 0 atom stereocenters. The summed E-state index contributed by atoms with van der Waals surface area (Å²) < 4.78 is 0. The van der Waals surface area contributed by atoms with E-state index in [2.05, 4.69) is 37.4 Å². The first-order chi connectivity index (χ1) is 8.04. The third kappa shape index (κ3) is 2.78. The van der Waals surface area contributed by atoms with Gasteiger partial charge in [0.15, 0.2) is 0 Å². The van der Waals surface area contributed by atoms with Crippen LogP contribution in [0.5, 0.6) is 5.75 Å². The number of nitrogens with one attached hydrogen (secondary N) is 1. The number of phenols is 1. The quantitative estimate of drug-likeness (QED) is 0.758. The number of hydrogen-bond acceptors (Lipinski definition) is 2. The highest BCUT2D eigenvalue weighted by Gasteiger charge is 2.01. The van der Waals surface area contributed by atoms with Gasteiger partial charge in [-0.05, 0) is 67.8 Å². The molecule has 2 nitrogen and oxygen atoms in total. The maximum absolute atomic E-state index is 9.36. The lowest BCUT2D eigenvalue weighted by Crippen LogP contribution is -1.94. The van der Waals surface area contributed by atoms with Crippen LogP contribution in [0.1, 0.15) is 16.7 Å². The van der Waals surface area contributed by atoms with Crippen LogP contribution < -0.4 is 5.32 Å². The second-order valence-corrected chi connectivity index (χ2v) is 4.50. The van der Waals surface area contributed by atoms with E-state index >= 15 is 0 Å². The average Bonchev–Trinajstić information content (AvgIpc) is 2.21. The highest BCUT2D eigenvalue weighted by Crippen LogP contribution is 2.25. The summed E-state index contributed by atoms with van der Waals surface area (Å²) in [4.78, 5) is 0. The van der Waals surface area contributed by atoms with Crippen LogP contribution in [0.15, 0.2) is 36.4 Å². The fourth-order valence-corrected chi connectivity index (χ4v) is 1.99. The first-order valence-electron chi connectivity index (χ1n) is 5.69. The minimum atomic E-state index is 0.300. The lowest BCUT2D eigenvalue weighted by atomic mass is 10.1. The molecule has 0 bridgehead atoms. The Morgan fingerprint density at radius 3 is 2.12 bits per heavy atom. The molecule has 2 aromatic carbocycles. The maximum atomic E-state index is 9.36. The number of hydrogen-bond donors (Lipinski definition) is 2. The minimum absolute atomic E-state index is 0.300. The molecule has 0 radical (unpaired) electrons. The van der Waals surface area contributed by atoms with Crippen LogP contribution in [0.2, 0.25) is 0 Å². The number of phenolic OH excluding ortho intramolecular Hbond substituents is 1. The molecule has 0 aliphatic carbocycles. The van der Waals surface area contributed by atoms with Crippen molar-refractivity contribution in [2.45, 2.75) is 20.8 Å². The van der Waals surface area contributed by atoms with Gasteiger partial charge in [0.25, 0.3) is 0 Å². The Kier molecular flexibility index (Phi) is 3.05. The van der Waals surface area contributed by atoms with Crippen LogP contribution in [0, 0.1) is 20.8 Å². The first kappa shape index (κ1) is 11.5. The molecule has 2 heteroatoms. The molecular weight excluding hydrogens is 210 g/mol. The van der Waals surface area contributed by atoms with Gasteiger partial charge in [-0.15, -0.1) is 0 Å². The molecule has 0 heterocycles. The van der Waals surface area contributed by atoms with Crippen molar-refractivity contribution in [1.82, 2.24) is 0 Å². The third-order valence-corrected chi connectivity index (χ3v) is 2.71. The average molecular weight is 227 g/mol. The molecule has 0 aliphatic heterocycles. The number of rotatable bonds is 2. The van der Waals surface area contributed by atoms with E-state index in [4.69, 9.17) is 0 Å². The first-order valence-corrected chi connectivity index (χ1v) is 5.69. The van der Waals surface area contributed by atoms with Gasteiger partial charge in [0, 0.05) is 11.4 Å². The predicted octanol–water partition coefficient (Wildman–Crippen LogP) is 4.06. The van der Waals surface area contributed by atoms with Crippen molar-refractivity contribution < 1.29 is 5.11 Å². The van der Waals surface area contributed by atoms with Gasteiger partial charge in [0.05, 0.1) is 0 Å². The summed E-state index contributed by atoms with van der Waals surface area (Å²) in [5.41, 5.74) is 5.61. The van der Waals surface area contributed by atoms with Crippen LogP contribution in [0.3, 0.4) is 0 Å². The van der Waals surface area contributed by atoms with Crippen molar-refractivity contribution in [3.63, 3.8) is 0 Å². The second kappa shape index (κ2) is 4.50. The molecule has 17 heavy (non-hydrogen) atoms. The van der Waals surface area contributed by atoms with Crippen LogP contribution in [0.25, 0.3) is 0 Å². The van der Waals surface area contributed by atoms with Crippen molar-refractivity contribution in [1.29, 1.82) is 0 Å². The Bertz CT molecular complexity index is 526. The number of benzene rings is 2. The second-order valence-electron chi connectivity index (χ2n) is 4.50. The summed E-state index contributed by atoms with van der Waals surface area (Å²) in [5, 5.41) is 12.7. The summed E-state index contributed by atoms with van der Waals surface area (Å²) in [6.07, 6.45) is 0. The van der Waals surface area contributed by atoms with Crippen molar-refractivity contribution in [3.8, 4) is 5.75 Å². The van der Waals surface area contributed by atoms with Crippen LogP contribution in [0.4, 0.5) is 11.4 Å². The van der Waals surface area contributed by atoms with Crippen LogP contribution in [-0.4, -0.2) is 5.11 Å². The van der Waals surface area contributed by atoms with E-state index in [9.17, 15) is 5.11 Å². The number of anilines is 2. The Balaban J connectivity index is 2.31. The van der Waals surface area contributed by atoms with Gasteiger partial charge in [-0.3, -0.25) is 0 Å². The maximum Gasteiger partial charge on any atom is 0.115 e. The molecule has 0 fully saturated rings. The van der Waals surface area contributed by atoms with Gasteiger partial charge in [-0.1, -0.05) is 6.07 Å². The number of aryl methyl sites for hydroxylation is 3. The standard InChI is InChI=1S/C15H17NO/c1-10-6-11(2)8-13(7-10)16-15-5-4-14(17)9-12(15)3/h4-9,16-17H,1-3H3. The molecule has 0 unspecified atom stereocenters. The molecule has 2 aromatic rings. The van der Waals surface area contributed by atoms with Crippen molar-refractivity contribution in [2.75, 3.05) is 5.32 Å². The molecule has 2 rings (SSSR count). The molecule has 0 aliphatic rings. The summed E-state index contributed by atoms with van der Waals surface area (Å²) in [6, 6.07) is 11.7. The van der Waals surface area contributed by atoms with Crippen LogP contribution >= 0.6 is 0 Å². The molecule has 0 amide bonds. The Morgan fingerprint density at radius 1 is 0.882 bits per heavy atom. The molecule has 0 saturated heterocycles. The van der Waals surface area contributed by atoms with Crippen LogP contribution in [-0.2, 0) is 0 Å². The largest absolute Gasteiger partial charge is 0.508 e. The fraction of sp³-hybridized carbons (Fsp3) is 0.200. The van der Waals surface area contributed by atoms with E-state index in [0.29, 0.717) is 5.75 Å². The van der Waals surface area contributed by atoms with E-state index in [1.165, 1.54) is 11.1 Å². The van der Waals surface area contributed by atoms with E-state index in [-0.39, 0.29) is 0 Å². The molecule has 2 N–H and O–H groups in total. The van der Waals surface area contributed by atoms with Gasteiger partial charge < -0.3 is 10.4 Å². The summed E-state index contributed by atoms with van der Waals surface area (Å²) in [7, 11) is 0. The Labute approximate surface area is 102 Å². The zero-order valence-corrected chi connectivity index (χ0v) is 10.4. The molecule has 88 valence electrons. The molecular formula is C15H17NO. The summed E-state index contributed by atoms with van der Waals surface area (Å²) >= 11 is 0. The van der Waals surface area contributed by atoms with Crippen molar-refractivity contribution >= 4 is 11.4 Å². The van der Waals surface area contributed by atoms with E-state index in [1.54, 1.807) is 12.1 Å². The summed E-state index contributed by atoms with van der Waals surface area (Å²) in [5.74, 6) is 0.300. The normalized spacial score (nSPS) is 10.3. The summed E-state index contributed by atoms with van der Waals surface area (Å²) in [6.45, 7) is 6.15. The highest BCUT2D eigenvalue weighted by molar-refractivity contribution is 5.65. The van der Waals surface area contributed by atoms with Gasteiger partial charge in [-0.2, -0.15) is 0 Å². The predicted molar refractivity (Wildman–Crippen MR) is 72.0 cm³/mol. The zero-order chi connectivity index (χ0) is 12.4. The topological polar surface area (TPSA) is 32.3 Å². The van der Waals surface area contributed by atoms with Gasteiger partial charge in [0.1, 0.15) is 5.75 Å². The SMILES string of the molecule is Cc1cc(C)cc(Nc2ccc(O)cc2C)c1. The fourth-order valence-electron chi connectivity index (χ4n) is 1.99. The number of aromatic hydroxyl groups is 1. The lowest BCUT2D eigenvalue weighted by molar-refractivity contribution is 0.475. The monoisotopic (exact) mass is 227 g/mol. The lowest BCUT2D eigenvalue weighted by Gasteiger charge is -2.11.